The van der Waals surface area contributed by atoms with Crippen molar-refractivity contribution in [2.45, 2.75) is 19.8 Å². The number of aromatic nitrogens is 2. The van der Waals surface area contributed by atoms with Crippen LogP contribution in [0.1, 0.15) is 35.8 Å². The van der Waals surface area contributed by atoms with Gasteiger partial charge in [0.15, 0.2) is 0 Å². The first kappa shape index (κ1) is 17.4. The van der Waals surface area contributed by atoms with E-state index in [-0.39, 0.29) is 5.91 Å². The molecule has 0 atom stereocenters. The van der Waals surface area contributed by atoms with Crippen LogP contribution in [0.15, 0.2) is 36.7 Å². The molecule has 6 heteroatoms. The summed E-state index contributed by atoms with van der Waals surface area (Å²) < 4.78 is 0. The molecule has 6 nitrogen and oxygen atoms in total. The molecule has 132 valence electrons. The zero-order chi connectivity index (χ0) is 17.8. The summed E-state index contributed by atoms with van der Waals surface area (Å²) in [6, 6.07) is 7.85. The summed E-state index contributed by atoms with van der Waals surface area (Å²) in [4.78, 5) is 25.7. The number of carbonyl (C=O) groups excluding carboxylic acids is 1. The van der Waals surface area contributed by atoms with Gasteiger partial charge < -0.3 is 15.1 Å². The number of nitrogens with one attached hydrogen (secondary N) is 1. The van der Waals surface area contributed by atoms with Crippen LogP contribution in [0.4, 0.5) is 11.5 Å². The molecule has 0 radical (unpaired) electrons. The van der Waals surface area contributed by atoms with Gasteiger partial charge in [-0.25, -0.2) is 9.97 Å². The van der Waals surface area contributed by atoms with Crippen molar-refractivity contribution in [1.29, 1.82) is 0 Å². The summed E-state index contributed by atoms with van der Waals surface area (Å²) in [6.07, 6.45) is 3.25. The lowest BCUT2D eigenvalue weighted by atomic mass is 10.0. The van der Waals surface area contributed by atoms with E-state index < -0.39 is 0 Å². The van der Waals surface area contributed by atoms with Crippen molar-refractivity contribution in [1.82, 2.24) is 14.9 Å². The molecule has 2 heterocycles. The second kappa shape index (κ2) is 7.61. The minimum absolute atomic E-state index is 0.231. The molecule has 0 spiro atoms. The number of nitrogens with zero attached hydrogens (tertiary/aromatic N) is 4. The molecule has 2 aromatic rings. The molecule has 25 heavy (non-hydrogen) atoms. The Bertz CT molecular complexity index is 721. The van der Waals surface area contributed by atoms with Crippen molar-refractivity contribution in [3.8, 4) is 0 Å². The normalized spacial score (nSPS) is 15.4. The lowest BCUT2D eigenvalue weighted by Gasteiger charge is -2.32. The third kappa shape index (κ3) is 4.14. The van der Waals surface area contributed by atoms with E-state index in [1.807, 2.05) is 24.3 Å². The molecule has 0 bridgehead atoms. The monoisotopic (exact) mass is 339 g/mol. The number of hydrogen-bond acceptors (Lipinski definition) is 5. The quantitative estimate of drug-likeness (QED) is 0.928. The summed E-state index contributed by atoms with van der Waals surface area (Å²) in [5, 5.41) is 2.95. The van der Waals surface area contributed by atoms with Crippen LogP contribution in [0.5, 0.6) is 0 Å². The predicted octanol–water partition coefficient (Wildman–Crippen LogP) is 2.60. The van der Waals surface area contributed by atoms with Crippen molar-refractivity contribution in [3.05, 3.63) is 47.9 Å². The van der Waals surface area contributed by atoms with Gasteiger partial charge >= 0.3 is 0 Å². The molecule has 1 N–H and O–H groups in total. The molecule has 1 aromatic carbocycles. The Labute approximate surface area is 148 Å². The Morgan fingerprint density at radius 2 is 1.80 bits per heavy atom. The van der Waals surface area contributed by atoms with Gasteiger partial charge in [-0.05, 0) is 24.6 Å². The van der Waals surface area contributed by atoms with E-state index in [1.165, 1.54) is 0 Å². The summed E-state index contributed by atoms with van der Waals surface area (Å²) in [7, 11) is 2.12. The van der Waals surface area contributed by atoms with Crippen molar-refractivity contribution in [3.63, 3.8) is 0 Å². The highest BCUT2D eigenvalue weighted by Crippen LogP contribution is 2.24. The lowest BCUT2D eigenvalue weighted by Crippen LogP contribution is -2.44. The first-order chi connectivity index (χ1) is 12.0. The van der Waals surface area contributed by atoms with E-state index in [4.69, 9.17) is 0 Å². The van der Waals surface area contributed by atoms with E-state index in [0.29, 0.717) is 11.6 Å². The number of piperazine rings is 1. The van der Waals surface area contributed by atoms with Crippen LogP contribution in [0.2, 0.25) is 0 Å². The maximum Gasteiger partial charge on any atom is 0.275 e. The fraction of sp³-hybridized carbons (Fsp3) is 0.421. The number of para-hydroxylation sites is 1. The number of benzene rings is 1. The van der Waals surface area contributed by atoms with Crippen LogP contribution in [0, 0.1) is 0 Å². The average molecular weight is 339 g/mol. The van der Waals surface area contributed by atoms with Crippen molar-refractivity contribution < 1.29 is 4.79 Å². The number of anilines is 2. The Balaban J connectivity index is 1.69. The van der Waals surface area contributed by atoms with Crippen LogP contribution in [-0.4, -0.2) is 54.0 Å². The van der Waals surface area contributed by atoms with Gasteiger partial charge in [-0.1, -0.05) is 32.0 Å². The van der Waals surface area contributed by atoms with Gasteiger partial charge in [-0.2, -0.15) is 0 Å². The molecular formula is C19H25N5O. The predicted molar refractivity (Wildman–Crippen MR) is 100 cm³/mol. The average Bonchev–Trinajstić information content (AvgIpc) is 2.63. The van der Waals surface area contributed by atoms with Gasteiger partial charge in [0.25, 0.3) is 5.91 Å². The lowest BCUT2D eigenvalue weighted by molar-refractivity contribution is 0.102. The van der Waals surface area contributed by atoms with Crippen LogP contribution in [0.3, 0.4) is 0 Å². The Morgan fingerprint density at radius 1 is 1.08 bits per heavy atom. The summed E-state index contributed by atoms with van der Waals surface area (Å²) in [6.45, 7) is 8.09. The first-order valence-corrected chi connectivity index (χ1v) is 8.70. The molecule has 1 amide bonds. The summed E-state index contributed by atoms with van der Waals surface area (Å²) in [5.41, 5.74) is 2.27. The topological polar surface area (TPSA) is 61.4 Å². The number of carbonyl (C=O) groups is 1. The zero-order valence-corrected chi connectivity index (χ0v) is 15.1. The van der Waals surface area contributed by atoms with E-state index in [9.17, 15) is 4.79 Å². The Hall–Kier alpha value is -2.47. The standard InChI is InChI=1S/C19H25N5O/c1-14(2)15-6-4-5-7-16(15)22-19(25)17-12-21-18(13-20-17)24-10-8-23(3)9-11-24/h4-7,12-14H,8-11H2,1-3H3,(H,22,25). The van der Waals surface area contributed by atoms with Crippen LogP contribution in [-0.2, 0) is 0 Å². The molecule has 1 saturated heterocycles. The SMILES string of the molecule is CC(C)c1ccccc1NC(=O)c1cnc(N2CCN(C)CC2)cn1. The molecule has 0 aliphatic carbocycles. The molecule has 3 rings (SSSR count). The van der Waals surface area contributed by atoms with Gasteiger partial charge in [0.1, 0.15) is 11.5 Å². The van der Waals surface area contributed by atoms with Gasteiger partial charge in [0.05, 0.1) is 12.4 Å². The summed E-state index contributed by atoms with van der Waals surface area (Å²) >= 11 is 0. The molecular weight excluding hydrogens is 314 g/mol. The number of rotatable bonds is 4. The maximum absolute atomic E-state index is 12.5. The van der Waals surface area contributed by atoms with Crippen LogP contribution in [0.25, 0.3) is 0 Å². The largest absolute Gasteiger partial charge is 0.353 e. The van der Waals surface area contributed by atoms with Gasteiger partial charge in [-0.15, -0.1) is 0 Å². The number of hydrogen-bond donors (Lipinski definition) is 1. The first-order valence-electron chi connectivity index (χ1n) is 8.70. The van der Waals surface area contributed by atoms with Gasteiger partial charge in [-0.3, -0.25) is 4.79 Å². The second-order valence-corrected chi connectivity index (χ2v) is 6.75. The van der Waals surface area contributed by atoms with Gasteiger partial charge in [0, 0.05) is 31.9 Å². The molecule has 0 unspecified atom stereocenters. The maximum atomic E-state index is 12.5. The molecule has 0 saturated carbocycles. The molecule has 1 fully saturated rings. The van der Waals surface area contributed by atoms with Crippen molar-refractivity contribution in [2.24, 2.45) is 0 Å². The van der Waals surface area contributed by atoms with Crippen molar-refractivity contribution >= 4 is 17.4 Å². The minimum Gasteiger partial charge on any atom is -0.353 e. The fourth-order valence-electron chi connectivity index (χ4n) is 2.94. The zero-order valence-electron chi connectivity index (χ0n) is 15.1. The van der Waals surface area contributed by atoms with E-state index in [0.717, 1.165) is 43.2 Å². The fourth-order valence-corrected chi connectivity index (χ4v) is 2.94. The highest BCUT2D eigenvalue weighted by atomic mass is 16.1. The minimum atomic E-state index is -0.231. The third-order valence-corrected chi connectivity index (χ3v) is 4.53. The molecule has 1 aliphatic heterocycles. The number of amides is 1. The Morgan fingerprint density at radius 3 is 2.44 bits per heavy atom. The van der Waals surface area contributed by atoms with Gasteiger partial charge in [0.2, 0.25) is 0 Å². The third-order valence-electron chi connectivity index (χ3n) is 4.53. The van der Waals surface area contributed by atoms with E-state index >= 15 is 0 Å². The number of likely N-dealkylation sites (N-methyl/N-ethyl adjacent to an activating group) is 1. The Kier molecular flexibility index (Phi) is 5.28. The van der Waals surface area contributed by atoms with E-state index in [1.54, 1.807) is 12.4 Å². The molecule has 1 aromatic heterocycles. The van der Waals surface area contributed by atoms with Crippen LogP contribution >= 0.6 is 0 Å². The molecule has 1 aliphatic rings. The highest BCUT2D eigenvalue weighted by molar-refractivity contribution is 6.03. The second-order valence-electron chi connectivity index (χ2n) is 6.75. The summed E-state index contributed by atoms with van der Waals surface area (Å²) in [5.74, 6) is 0.931. The van der Waals surface area contributed by atoms with Crippen molar-refractivity contribution in [2.75, 3.05) is 43.4 Å². The van der Waals surface area contributed by atoms with Crippen LogP contribution < -0.4 is 10.2 Å². The smallest absolute Gasteiger partial charge is 0.275 e. The van der Waals surface area contributed by atoms with E-state index in [2.05, 4.69) is 46.0 Å². The highest BCUT2D eigenvalue weighted by Gasteiger charge is 2.17.